The van der Waals surface area contributed by atoms with Crippen LogP contribution in [0.3, 0.4) is 0 Å². The van der Waals surface area contributed by atoms with E-state index in [0.717, 1.165) is 5.56 Å². The van der Waals surface area contributed by atoms with Gasteiger partial charge in [-0.05, 0) is 60.0 Å². The molecule has 0 bridgehead atoms. The maximum absolute atomic E-state index is 13.5. The summed E-state index contributed by atoms with van der Waals surface area (Å²) < 4.78 is 28.0. The largest absolute Gasteiger partial charge is 0.348 e. The summed E-state index contributed by atoms with van der Waals surface area (Å²) in [5, 5.41) is 1.97. The smallest absolute Gasteiger partial charge is 0.251 e. The van der Waals surface area contributed by atoms with Crippen LogP contribution in [0.15, 0.2) is 67.0 Å². The third-order valence-electron chi connectivity index (χ3n) is 5.18. The molecule has 2 unspecified atom stereocenters. The average Bonchev–Trinajstić information content (AvgIpc) is 2.79. The molecule has 0 fully saturated rings. The predicted octanol–water partition coefficient (Wildman–Crippen LogP) is 3.06. The fraction of sp³-hybridized carbons (Fsp3) is 0.174. The topological polar surface area (TPSA) is 79.4 Å². The number of rotatable bonds is 5. The molecule has 0 aliphatic carbocycles. The van der Waals surface area contributed by atoms with Crippen molar-refractivity contribution >= 4 is 28.4 Å². The standard InChI is InChI=1S/C23H20FN3O3S/c1-27-20-6-5-17(23(29)26-14-15-7-9-25-10-8-15)13-19(20)22(28)21(31(27)30)12-16-3-2-4-18(24)11-16/h2-11,13,21H,12,14H2,1H3,(H,26,29). The van der Waals surface area contributed by atoms with Gasteiger partial charge in [0.05, 0.1) is 5.69 Å². The highest BCUT2D eigenvalue weighted by Crippen LogP contribution is 2.32. The first kappa shape index (κ1) is 20.9. The number of nitrogens with zero attached hydrogens (tertiary/aromatic N) is 2. The summed E-state index contributed by atoms with van der Waals surface area (Å²) in [6.45, 7) is 0.332. The van der Waals surface area contributed by atoms with Crippen molar-refractivity contribution in [2.75, 3.05) is 11.4 Å². The van der Waals surface area contributed by atoms with Gasteiger partial charge < -0.3 is 5.32 Å². The van der Waals surface area contributed by atoms with E-state index in [1.54, 1.807) is 55.8 Å². The first-order valence-electron chi connectivity index (χ1n) is 9.68. The molecule has 0 saturated heterocycles. The minimum absolute atomic E-state index is 0.144. The van der Waals surface area contributed by atoms with E-state index >= 15 is 0 Å². The van der Waals surface area contributed by atoms with Gasteiger partial charge in [-0.2, -0.15) is 0 Å². The van der Waals surface area contributed by atoms with Crippen molar-refractivity contribution < 1.29 is 18.2 Å². The molecule has 8 heteroatoms. The molecule has 2 aromatic carbocycles. The Hall–Kier alpha value is -3.39. The normalized spacial score (nSPS) is 17.9. The van der Waals surface area contributed by atoms with Gasteiger partial charge in [0.1, 0.15) is 22.1 Å². The van der Waals surface area contributed by atoms with E-state index in [1.807, 2.05) is 0 Å². The summed E-state index contributed by atoms with van der Waals surface area (Å²) in [5.41, 5.74) is 2.67. The summed E-state index contributed by atoms with van der Waals surface area (Å²) in [6, 6.07) is 14.3. The summed E-state index contributed by atoms with van der Waals surface area (Å²) in [4.78, 5) is 29.7. The second kappa shape index (κ2) is 8.77. The fourth-order valence-electron chi connectivity index (χ4n) is 3.53. The molecule has 2 heterocycles. The number of halogens is 1. The number of aromatic nitrogens is 1. The van der Waals surface area contributed by atoms with Gasteiger partial charge >= 0.3 is 0 Å². The number of fused-ring (bicyclic) bond motifs is 1. The maximum Gasteiger partial charge on any atom is 0.251 e. The lowest BCUT2D eigenvalue weighted by Crippen LogP contribution is -2.42. The quantitative estimate of drug-likeness (QED) is 0.665. The average molecular weight is 437 g/mol. The summed E-state index contributed by atoms with van der Waals surface area (Å²) in [5.74, 6) is -1.05. The van der Waals surface area contributed by atoms with Crippen molar-refractivity contribution in [3.05, 3.63) is 95.1 Å². The van der Waals surface area contributed by atoms with E-state index in [0.29, 0.717) is 28.9 Å². The number of benzene rings is 2. The molecule has 1 aromatic heterocycles. The summed E-state index contributed by atoms with van der Waals surface area (Å²) in [7, 11) is 0.0299. The highest BCUT2D eigenvalue weighted by molar-refractivity contribution is 7.88. The number of carbonyl (C=O) groups is 2. The molecule has 1 aliphatic heterocycles. The molecule has 0 radical (unpaired) electrons. The molecular formula is C23H20FN3O3S. The van der Waals surface area contributed by atoms with Crippen molar-refractivity contribution in [3.63, 3.8) is 0 Å². The van der Waals surface area contributed by atoms with Gasteiger partial charge in [-0.15, -0.1) is 0 Å². The Bertz CT molecular complexity index is 1170. The number of hydrogen-bond donors (Lipinski definition) is 1. The second-order valence-corrected chi connectivity index (χ2v) is 8.90. The Kier molecular flexibility index (Phi) is 5.90. The Morgan fingerprint density at radius 2 is 1.90 bits per heavy atom. The van der Waals surface area contributed by atoms with Crippen LogP contribution in [0.2, 0.25) is 0 Å². The van der Waals surface area contributed by atoms with E-state index in [4.69, 9.17) is 0 Å². The van der Waals surface area contributed by atoms with Crippen molar-refractivity contribution in [1.29, 1.82) is 0 Å². The zero-order valence-corrected chi connectivity index (χ0v) is 17.6. The molecule has 0 saturated carbocycles. The summed E-state index contributed by atoms with van der Waals surface area (Å²) >= 11 is 0. The van der Waals surface area contributed by atoms with E-state index in [9.17, 15) is 18.2 Å². The molecule has 1 N–H and O–H groups in total. The number of pyridine rings is 1. The van der Waals surface area contributed by atoms with Crippen molar-refractivity contribution in [2.45, 2.75) is 18.2 Å². The minimum Gasteiger partial charge on any atom is -0.348 e. The van der Waals surface area contributed by atoms with Crippen molar-refractivity contribution in [2.24, 2.45) is 0 Å². The number of ketones is 1. The van der Waals surface area contributed by atoms with Gasteiger partial charge in [0.2, 0.25) is 0 Å². The molecule has 1 amide bonds. The molecule has 6 nitrogen and oxygen atoms in total. The van der Waals surface area contributed by atoms with Gasteiger partial charge in [0, 0.05) is 37.1 Å². The van der Waals surface area contributed by atoms with E-state index in [-0.39, 0.29) is 18.1 Å². The van der Waals surface area contributed by atoms with Crippen LogP contribution < -0.4 is 9.62 Å². The zero-order chi connectivity index (χ0) is 22.0. The van der Waals surface area contributed by atoms with E-state index in [2.05, 4.69) is 10.3 Å². The minimum atomic E-state index is -1.61. The van der Waals surface area contributed by atoms with Crippen LogP contribution in [0.1, 0.15) is 31.8 Å². The first-order valence-corrected chi connectivity index (χ1v) is 10.9. The maximum atomic E-state index is 13.5. The predicted molar refractivity (Wildman–Crippen MR) is 117 cm³/mol. The number of hydrogen-bond acceptors (Lipinski definition) is 4. The lowest BCUT2D eigenvalue weighted by atomic mass is 9.98. The molecule has 4 rings (SSSR count). The third-order valence-corrected chi connectivity index (χ3v) is 6.79. The lowest BCUT2D eigenvalue weighted by Gasteiger charge is -2.31. The highest BCUT2D eigenvalue weighted by atomic mass is 32.2. The Morgan fingerprint density at radius 3 is 2.65 bits per heavy atom. The molecule has 1 aliphatic rings. The van der Waals surface area contributed by atoms with Crippen LogP contribution in [-0.4, -0.2) is 33.2 Å². The fourth-order valence-corrected chi connectivity index (χ4v) is 4.91. The molecule has 2 atom stereocenters. The number of carbonyl (C=O) groups excluding carboxylic acids is 2. The summed E-state index contributed by atoms with van der Waals surface area (Å²) in [6.07, 6.45) is 3.44. The molecule has 158 valence electrons. The number of Topliss-reactive ketones (excluding diaryl/α,β-unsaturated/α-hetero) is 1. The number of amides is 1. The first-order chi connectivity index (χ1) is 14.9. The van der Waals surface area contributed by atoms with Crippen molar-refractivity contribution in [1.82, 2.24) is 10.3 Å². The van der Waals surface area contributed by atoms with Crippen LogP contribution in [0.25, 0.3) is 0 Å². The second-order valence-electron chi connectivity index (χ2n) is 7.23. The molecule has 31 heavy (non-hydrogen) atoms. The van der Waals surface area contributed by atoms with Crippen LogP contribution in [0, 0.1) is 5.82 Å². The Morgan fingerprint density at radius 1 is 1.13 bits per heavy atom. The van der Waals surface area contributed by atoms with E-state index in [1.165, 1.54) is 22.5 Å². The van der Waals surface area contributed by atoms with Crippen LogP contribution in [-0.2, 0) is 24.0 Å². The Balaban J connectivity index is 1.57. The highest BCUT2D eigenvalue weighted by Gasteiger charge is 2.37. The molecule has 3 aromatic rings. The van der Waals surface area contributed by atoms with Gasteiger partial charge in [-0.25, -0.2) is 8.60 Å². The molecular weight excluding hydrogens is 417 g/mol. The van der Waals surface area contributed by atoms with Gasteiger partial charge in [-0.1, -0.05) is 12.1 Å². The molecule has 0 spiro atoms. The van der Waals surface area contributed by atoms with Crippen LogP contribution >= 0.6 is 0 Å². The van der Waals surface area contributed by atoms with Crippen LogP contribution in [0.4, 0.5) is 10.1 Å². The van der Waals surface area contributed by atoms with Gasteiger partial charge in [0.15, 0.2) is 5.78 Å². The van der Waals surface area contributed by atoms with Crippen molar-refractivity contribution in [3.8, 4) is 0 Å². The van der Waals surface area contributed by atoms with Gasteiger partial charge in [-0.3, -0.25) is 18.9 Å². The van der Waals surface area contributed by atoms with Crippen LogP contribution in [0.5, 0.6) is 0 Å². The monoisotopic (exact) mass is 437 g/mol. The zero-order valence-electron chi connectivity index (χ0n) is 16.7. The van der Waals surface area contributed by atoms with Gasteiger partial charge in [0.25, 0.3) is 5.91 Å². The third kappa shape index (κ3) is 4.39. The van der Waals surface area contributed by atoms with E-state index < -0.39 is 22.1 Å². The number of nitrogens with one attached hydrogen (secondary N) is 1. The Labute approximate surface area is 181 Å². The lowest BCUT2D eigenvalue weighted by molar-refractivity contribution is 0.0951. The SMILES string of the molecule is CN1c2ccc(C(=O)NCc3ccncc3)cc2C(=O)C(Cc2cccc(F)c2)S1=O. The number of anilines is 1.